The number of aryl methyl sites for hydroxylation is 4. The van der Waals surface area contributed by atoms with Crippen molar-refractivity contribution in [3.05, 3.63) is 154 Å². The molecule has 0 spiro atoms. The summed E-state index contributed by atoms with van der Waals surface area (Å²) in [5.41, 5.74) is 9.11. The number of hydrogen-bond donors (Lipinski definition) is 1. The summed E-state index contributed by atoms with van der Waals surface area (Å²) < 4.78 is 21.0. The van der Waals surface area contributed by atoms with Crippen molar-refractivity contribution in [3.63, 3.8) is 0 Å². The number of carbonyl (C=O) groups excluding carboxylic acids is 1. The molecule has 2 aliphatic carbocycles. The molecular formula is C52H62N6O6. The first-order valence-electron chi connectivity index (χ1n) is 22.5. The Balaban J connectivity index is 0.000000192. The smallest absolute Gasteiger partial charge is 0.306 e. The average molecular weight is 867 g/mol. The van der Waals surface area contributed by atoms with Crippen LogP contribution in [0.25, 0.3) is 0 Å². The van der Waals surface area contributed by atoms with E-state index in [1.54, 1.807) is 12.4 Å². The second-order valence-electron chi connectivity index (χ2n) is 18.3. The molecule has 8 rings (SSSR count). The van der Waals surface area contributed by atoms with Gasteiger partial charge in [0.25, 0.3) is 0 Å². The van der Waals surface area contributed by atoms with Crippen LogP contribution in [-0.4, -0.2) is 52.7 Å². The molecule has 12 nitrogen and oxygen atoms in total. The van der Waals surface area contributed by atoms with E-state index in [-0.39, 0.29) is 41.5 Å². The van der Waals surface area contributed by atoms with Gasteiger partial charge in [-0.2, -0.15) is 0 Å². The van der Waals surface area contributed by atoms with Gasteiger partial charge in [0, 0.05) is 61.1 Å². The first-order chi connectivity index (χ1) is 30.7. The van der Waals surface area contributed by atoms with Crippen LogP contribution in [0.15, 0.2) is 97.6 Å². The minimum absolute atomic E-state index is 0.0140. The molecule has 2 aliphatic rings. The van der Waals surface area contributed by atoms with Crippen LogP contribution in [0, 0.1) is 0 Å². The van der Waals surface area contributed by atoms with Crippen LogP contribution in [0.2, 0.25) is 0 Å². The number of esters is 1. The van der Waals surface area contributed by atoms with Crippen molar-refractivity contribution in [1.29, 1.82) is 0 Å². The van der Waals surface area contributed by atoms with Gasteiger partial charge in [-0.1, -0.05) is 64.1 Å². The average Bonchev–Trinajstić information content (AvgIpc) is 3.91. The van der Waals surface area contributed by atoms with Crippen molar-refractivity contribution in [2.45, 2.75) is 122 Å². The van der Waals surface area contributed by atoms with Gasteiger partial charge in [0.15, 0.2) is 0 Å². The molecule has 0 aliphatic heterocycles. The van der Waals surface area contributed by atoms with Crippen molar-refractivity contribution < 1.29 is 28.9 Å². The Hall–Kier alpha value is -6.30. The lowest BCUT2D eigenvalue weighted by molar-refractivity contribution is -0.143. The standard InChI is InChI=1S/C27H33N3O3.C25H29N3O3/c1-5-32-24(31)17-23(26-28-15-16-30(26)4)19-9-12-22(13-10-19)33-18-21-11-8-20-7-6-14-27(2,3)25(20)29-21;1-25(2)12-4-5-18-6-9-19(27-23(18)25)16-31-20-10-7-17(8-11-20)21(15-22(29)30)24-26-13-14-28(24)3/h8-13,15-16,23H,5-7,14,17-18H2,1-4H3;6-11,13-14,21H,4-5,12,15-16H2,1-3H3,(H,29,30)/t23-;21-/m00/s1. The fourth-order valence-electron chi connectivity index (χ4n) is 9.08. The summed E-state index contributed by atoms with van der Waals surface area (Å²) in [6.07, 6.45) is 14.4. The molecule has 0 fully saturated rings. The predicted molar refractivity (Wildman–Crippen MR) is 246 cm³/mol. The highest BCUT2D eigenvalue weighted by Gasteiger charge is 2.30. The fourth-order valence-corrected chi connectivity index (χ4v) is 9.08. The number of ether oxygens (including phenoxy) is 3. The summed E-state index contributed by atoms with van der Waals surface area (Å²) in [5, 5.41) is 9.35. The van der Waals surface area contributed by atoms with E-state index in [9.17, 15) is 14.7 Å². The Morgan fingerprint density at radius 2 is 1.09 bits per heavy atom. The highest BCUT2D eigenvalue weighted by atomic mass is 16.5. The predicted octanol–water partition coefficient (Wildman–Crippen LogP) is 9.71. The zero-order valence-electron chi connectivity index (χ0n) is 38.3. The maximum Gasteiger partial charge on any atom is 0.306 e. The molecule has 0 saturated heterocycles. The van der Waals surface area contributed by atoms with Crippen LogP contribution < -0.4 is 9.47 Å². The van der Waals surface area contributed by atoms with Crippen LogP contribution in [-0.2, 0) is 65.3 Å². The summed E-state index contributed by atoms with van der Waals surface area (Å²) in [5.74, 6) is 1.50. The third-order valence-electron chi connectivity index (χ3n) is 12.6. The van der Waals surface area contributed by atoms with Crippen molar-refractivity contribution in [2.75, 3.05) is 6.61 Å². The van der Waals surface area contributed by atoms with E-state index >= 15 is 0 Å². The molecule has 4 heterocycles. The number of aromatic nitrogens is 6. The SMILES string of the molecule is CCOC(=O)C[C@@H](c1ccc(OCc2ccc3c(n2)C(C)(C)CCC3)cc1)c1nccn1C.Cn1ccnc1[C@@H](CC(=O)O)c1ccc(OCc2ccc3c(n2)C(C)(C)CCC3)cc1. The third-order valence-corrected chi connectivity index (χ3v) is 12.6. The molecule has 336 valence electrons. The number of pyridine rings is 2. The molecule has 0 saturated carbocycles. The van der Waals surface area contributed by atoms with Crippen LogP contribution in [0.4, 0.5) is 0 Å². The molecule has 0 radical (unpaired) electrons. The number of aliphatic carboxylic acids is 1. The molecule has 64 heavy (non-hydrogen) atoms. The van der Waals surface area contributed by atoms with Crippen LogP contribution >= 0.6 is 0 Å². The number of carboxylic acids is 1. The maximum atomic E-state index is 12.2. The molecule has 2 atom stereocenters. The van der Waals surface area contributed by atoms with Crippen LogP contribution in [0.5, 0.6) is 11.5 Å². The molecule has 12 heteroatoms. The van der Waals surface area contributed by atoms with Gasteiger partial charge in [-0.25, -0.2) is 9.97 Å². The van der Waals surface area contributed by atoms with E-state index in [1.165, 1.54) is 41.8 Å². The van der Waals surface area contributed by atoms with E-state index < -0.39 is 5.97 Å². The number of nitrogens with zero attached hydrogens (tertiary/aromatic N) is 6. The molecule has 0 unspecified atom stereocenters. The number of imidazole rings is 2. The van der Waals surface area contributed by atoms with Crippen LogP contribution in [0.3, 0.4) is 0 Å². The van der Waals surface area contributed by atoms with E-state index in [0.717, 1.165) is 64.9 Å². The number of rotatable bonds is 15. The van der Waals surface area contributed by atoms with Crippen molar-refractivity contribution in [2.24, 2.45) is 14.1 Å². The Morgan fingerprint density at radius 1 is 0.656 bits per heavy atom. The van der Waals surface area contributed by atoms with Gasteiger partial charge >= 0.3 is 11.9 Å². The zero-order chi connectivity index (χ0) is 45.4. The lowest BCUT2D eigenvalue weighted by Crippen LogP contribution is -2.26. The monoisotopic (exact) mass is 866 g/mol. The lowest BCUT2D eigenvalue weighted by atomic mass is 9.76. The minimum Gasteiger partial charge on any atom is -0.487 e. The van der Waals surface area contributed by atoms with Gasteiger partial charge in [-0.05, 0) is 104 Å². The quantitative estimate of drug-likeness (QED) is 0.0992. The molecular weight excluding hydrogens is 805 g/mol. The Labute approximate surface area is 377 Å². The van der Waals surface area contributed by atoms with Gasteiger partial charge in [-0.3, -0.25) is 19.6 Å². The summed E-state index contributed by atoms with van der Waals surface area (Å²) >= 11 is 0. The zero-order valence-corrected chi connectivity index (χ0v) is 38.3. The second-order valence-corrected chi connectivity index (χ2v) is 18.3. The number of hydrogen-bond acceptors (Lipinski definition) is 9. The normalized spacial score (nSPS) is 15.7. The first-order valence-corrected chi connectivity index (χ1v) is 22.5. The molecule has 2 aromatic carbocycles. The minimum atomic E-state index is -0.852. The molecule has 0 bridgehead atoms. The topological polar surface area (TPSA) is 143 Å². The van der Waals surface area contributed by atoms with Gasteiger partial charge in [-0.15, -0.1) is 0 Å². The number of carbonyl (C=O) groups is 2. The van der Waals surface area contributed by atoms with Crippen molar-refractivity contribution >= 4 is 11.9 Å². The summed E-state index contributed by atoms with van der Waals surface area (Å²) in [6.45, 7) is 12.1. The van der Waals surface area contributed by atoms with E-state index in [1.807, 2.05) is 91.1 Å². The number of benzene rings is 2. The second kappa shape index (κ2) is 20.0. The van der Waals surface area contributed by atoms with Crippen molar-refractivity contribution in [3.8, 4) is 11.5 Å². The van der Waals surface area contributed by atoms with Crippen LogP contribution in [0.1, 0.15) is 142 Å². The number of fused-ring (bicyclic) bond motifs is 2. The summed E-state index contributed by atoms with van der Waals surface area (Å²) in [7, 11) is 3.81. The summed E-state index contributed by atoms with van der Waals surface area (Å²) in [6, 6.07) is 24.0. The molecule has 1 N–H and O–H groups in total. The number of carboxylic acid groups (broad SMARTS) is 1. The highest BCUT2D eigenvalue weighted by Crippen LogP contribution is 2.37. The first kappa shape index (κ1) is 45.7. The van der Waals surface area contributed by atoms with E-state index in [2.05, 4.69) is 61.9 Å². The van der Waals surface area contributed by atoms with Gasteiger partial charge in [0.2, 0.25) is 0 Å². The molecule has 4 aromatic heterocycles. The van der Waals surface area contributed by atoms with E-state index in [4.69, 9.17) is 24.2 Å². The largest absolute Gasteiger partial charge is 0.487 e. The Bertz CT molecular complexity index is 2520. The Kier molecular flexibility index (Phi) is 14.3. The van der Waals surface area contributed by atoms with Gasteiger partial charge in [0.05, 0.1) is 42.7 Å². The highest BCUT2D eigenvalue weighted by molar-refractivity contribution is 5.71. The Morgan fingerprint density at radius 3 is 1.48 bits per heavy atom. The molecule has 6 aromatic rings. The third kappa shape index (κ3) is 11.1. The summed E-state index contributed by atoms with van der Waals surface area (Å²) in [4.78, 5) is 42.3. The maximum absolute atomic E-state index is 12.2. The van der Waals surface area contributed by atoms with Gasteiger partial charge < -0.3 is 28.5 Å². The van der Waals surface area contributed by atoms with Gasteiger partial charge in [0.1, 0.15) is 36.4 Å². The fraction of sp³-hybridized carbons (Fsp3) is 0.423. The molecule has 0 amide bonds. The lowest BCUT2D eigenvalue weighted by Gasteiger charge is -2.31. The van der Waals surface area contributed by atoms with E-state index in [0.29, 0.717) is 19.8 Å². The van der Waals surface area contributed by atoms with Crippen molar-refractivity contribution in [1.82, 2.24) is 29.1 Å².